The molecule has 0 radical (unpaired) electrons. The van der Waals surface area contributed by atoms with Crippen molar-refractivity contribution in [3.8, 4) is 6.07 Å². The molecule has 0 spiro atoms. The molecule has 0 aromatic heterocycles. The van der Waals surface area contributed by atoms with Gasteiger partial charge in [0.2, 0.25) is 0 Å². The van der Waals surface area contributed by atoms with Crippen LogP contribution in [0.15, 0.2) is 18.2 Å². The van der Waals surface area contributed by atoms with E-state index in [9.17, 15) is 4.39 Å². The fraction of sp³-hybridized carbons (Fsp3) is 0.500. The standard InChI is InChI=1S/C14H19FN2/c1-12-11-14(15)6-5-13(12)7-10-17-9-4-2-3-8-16/h5-6,11,17H,2-4,7,9-10H2,1H3. The van der Waals surface area contributed by atoms with Crippen LogP contribution in [-0.4, -0.2) is 13.1 Å². The molecule has 1 N–H and O–H groups in total. The van der Waals surface area contributed by atoms with Crippen molar-refractivity contribution in [2.45, 2.75) is 32.6 Å². The van der Waals surface area contributed by atoms with E-state index < -0.39 is 0 Å². The fourth-order valence-corrected chi connectivity index (χ4v) is 1.74. The SMILES string of the molecule is Cc1cc(F)ccc1CCNCCCCC#N. The van der Waals surface area contributed by atoms with Crippen molar-refractivity contribution in [3.05, 3.63) is 35.1 Å². The summed E-state index contributed by atoms with van der Waals surface area (Å²) in [6.07, 6.45) is 3.55. The zero-order chi connectivity index (χ0) is 12.5. The minimum absolute atomic E-state index is 0.171. The van der Waals surface area contributed by atoms with Gasteiger partial charge in [-0.25, -0.2) is 4.39 Å². The first-order valence-corrected chi connectivity index (χ1v) is 6.06. The summed E-state index contributed by atoms with van der Waals surface area (Å²) < 4.78 is 12.9. The smallest absolute Gasteiger partial charge is 0.123 e. The molecule has 0 aliphatic rings. The van der Waals surface area contributed by atoms with Crippen molar-refractivity contribution in [2.24, 2.45) is 0 Å². The average molecular weight is 234 g/mol. The first-order valence-electron chi connectivity index (χ1n) is 6.06. The first kappa shape index (κ1) is 13.7. The monoisotopic (exact) mass is 234 g/mol. The normalized spacial score (nSPS) is 10.2. The van der Waals surface area contributed by atoms with Gasteiger partial charge in [0.1, 0.15) is 5.82 Å². The van der Waals surface area contributed by atoms with Gasteiger partial charge in [0, 0.05) is 6.42 Å². The molecular formula is C14H19FN2. The molecule has 0 saturated heterocycles. The molecule has 0 aliphatic heterocycles. The topological polar surface area (TPSA) is 35.8 Å². The highest BCUT2D eigenvalue weighted by atomic mass is 19.1. The van der Waals surface area contributed by atoms with Crippen LogP contribution in [0, 0.1) is 24.1 Å². The Morgan fingerprint density at radius 2 is 2.12 bits per heavy atom. The number of nitrogens with one attached hydrogen (secondary N) is 1. The Hall–Kier alpha value is -1.40. The molecule has 0 amide bonds. The van der Waals surface area contributed by atoms with Crippen molar-refractivity contribution in [1.82, 2.24) is 5.32 Å². The van der Waals surface area contributed by atoms with Crippen LogP contribution in [0.2, 0.25) is 0 Å². The van der Waals surface area contributed by atoms with Gasteiger partial charge in [-0.1, -0.05) is 6.07 Å². The molecule has 0 fully saturated rings. The van der Waals surface area contributed by atoms with Gasteiger partial charge in [0.05, 0.1) is 6.07 Å². The van der Waals surface area contributed by atoms with Crippen LogP contribution in [0.4, 0.5) is 4.39 Å². The Balaban J connectivity index is 2.16. The number of unbranched alkanes of at least 4 members (excludes halogenated alkanes) is 2. The third-order valence-electron chi connectivity index (χ3n) is 2.77. The highest BCUT2D eigenvalue weighted by Gasteiger charge is 1.99. The van der Waals surface area contributed by atoms with Crippen LogP contribution in [0.3, 0.4) is 0 Å². The predicted molar refractivity (Wildman–Crippen MR) is 67.2 cm³/mol. The second kappa shape index (κ2) is 7.81. The number of rotatable bonds is 7. The van der Waals surface area contributed by atoms with Crippen LogP contribution in [0.1, 0.15) is 30.4 Å². The summed E-state index contributed by atoms with van der Waals surface area (Å²) in [5, 5.41) is 11.7. The molecule has 3 heteroatoms. The predicted octanol–water partition coefficient (Wildman–Crippen LogP) is 2.96. The van der Waals surface area contributed by atoms with Crippen LogP contribution >= 0.6 is 0 Å². The summed E-state index contributed by atoms with van der Waals surface area (Å²) in [4.78, 5) is 0. The van der Waals surface area contributed by atoms with Gasteiger partial charge in [0.15, 0.2) is 0 Å². The van der Waals surface area contributed by atoms with Crippen LogP contribution in [0.5, 0.6) is 0 Å². The van der Waals surface area contributed by atoms with E-state index in [2.05, 4.69) is 11.4 Å². The molecular weight excluding hydrogens is 215 g/mol. The number of halogens is 1. The molecule has 92 valence electrons. The highest BCUT2D eigenvalue weighted by molar-refractivity contribution is 5.26. The largest absolute Gasteiger partial charge is 0.316 e. The summed E-state index contributed by atoms with van der Waals surface area (Å²) in [5.41, 5.74) is 2.20. The van der Waals surface area contributed by atoms with E-state index in [1.54, 1.807) is 6.07 Å². The zero-order valence-corrected chi connectivity index (χ0v) is 10.3. The van der Waals surface area contributed by atoms with Gasteiger partial charge in [-0.2, -0.15) is 5.26 Å². The lowest BCUT2D eigenvalue weighted by molar-refractivity contribution is 0.618. The molecule has 1 rings (SSSR count). The number of benzene rings is 1. The van der Waals surface area contributed by atoms with Crippen molar-refractivity contribution < 1.29 is 4.39 Å². The molecule has 17 heavy (non-hydrogen) atoms. The number of hydrogen-bond donors (Lipinski definition) is 1. The molecule has 0 bridgehead atoms. The number of aryl methyl sites for hydroxylation is 1. The van der Waals surface area contributed by atoms with E-state index in [1.165, 1.54) is 11.6 Å². The van der Waals surface area contributed by atoms with E-state index in [4.69, 9.17) is 5.26 Å². The maximum atomic E-state index is 12.9. The third kappa shape index (κ3) is 5.46. The molecule has 2 nitrogen and oxygen atoms in total. The Morgan fingerprint density at radius 1 is 1.29 bits per heavy atom. The lowest BCUT2D eigenvalue weighted by Gasteiger charge is -2.07. The zero-order valence-electron chi connectivity index (χ0n) is 10.3. The molecule has 0 heterocycles. The summed E-state index contributed by atoms with van der Waals surface area (Å²) in [6.45, 7) is 3.78. The quantitative estimate of drug-likeness (QED) is 0.736. The molecule has 1 aromatic carbocycles. The van der Waals surface area contributed by atoms with Gasteiger partial charge < -0.3 is 5.32 Å². The van der Waals surface area contributed by atoms with Gasteiger partial charge in [-0.15, -0.1) is 0 Å². The molecule has 1 aromatic rings. The highest BCUT2D eigenvalue weighted by Crippen LogP contribution is 2.10. The van der Waals surface area contributed by atoms with E-state index in [1.807, 2.05) is 13.0 Å². The van der Waals surface area contributed by atoms with E-state index in [0.717, 1.165) is 37.9 Å². The lowest BCUT2D eigenvalue weighted by Crippen LogP contribution is -2.18. The average Bonchev–Trinajstić information content (AvgIpc) is 2.30. The Kier molecular flexibility index (Phi) is 6.27. The maximum Gasteiger partial charge on any atom is 0.123 e. The molecule has 0 saturated carbocycles. The summed E-state index contributed by atoms with van der Waals surface area (Å²) in [7, 11) is 0. The van der Waals surface area contributed by atoms with Crippen molar-refractivity contribution in [2.75, 3.05) is 13.1 Å². The number of nitriles is 1. The second-order valence-electron chi connectivity index (χ2n) is 4.19. The van der Waals surface area contributed by atoms with Gasteiger partial charge in [0.25, 0.3) is 0 Å². The lowest BCUT2D eigenvalue weighted by atomic mass is 10.1. The summed E-state index contributed by atoms with van der Waals surface area (Å²) >= 11 is 0. The first-order chi connectivity index (χ1) is 8.24. The minimum Gasteiger partial charge on any atom is -0.316 e. The number of hydrogen-bond acceptors (Lipinski definition) is 2. The Morgan fingerprint density at radius 3 is 2.82 bits per heavy atom. The minimum atomic E-state index is -0.171. The summed E-state index contributed by atoms with van der Waals surface area (Å²) in [6, 6.07) is 7.06. The Labute approximate surface area is 102 Å². The van der Waals surface area contributed by atoms with Gasteiger partial charge >= 0.3 is 0 Å². The fourth-order valence-electron chi connectivity index (χ4n) is 1.74. The van der Waals surface area contributed by atoms with E-state index >= 15 is 0 Å². The van der Waals surface area contributed by atoms with Gasteiger partial charge in [-0.3, -0.25) is 0 Å². The van der Waals surface area contributed by atoms with Crippen LogP contribution in [0.25, 0.3) is 0 Å². The molecule has 0 atom stereocenters. The summed E-state index contributed by atoms with van der Waals surface area (Å²) in [5.74, 6) is -0.171. The van der Waals surface area contributed by atoms with E-state index in [-0.39, 0.29) is 5.82 Å². The molecule has 0 unspecified atom stereocenters. The maximum absolute atomic E-state index is 12.9. The van der Waals surface area contributed by atoms with Crippen molar-refractivity contribution >= 4 is 0 Å². The Bertz CT molecular complexity index is 382. The molecule has 0 aliphatic carbocycles. The van der Waals surface area contributed by atoms with E-state index in [0.29, 0.717) is 6.42 Å². The van der Waals surface area contributed by atoms with Gasteiger partial charge in [-0.05, 0) is 62.5 Å². The van der Waals surface area contributed by atoms with Crippen LogP contribution < -0.4 is 5.32 Å². The number of nitrogens with zero attached hydrogens (tertiary/aromatic N) is 1. The van der Waals surface area contributed by atoms with Crippen LogP contribution in [-0.2, 0) is 6.42 Å². The van der Waals surface area contributed by atoms with Crippen molar-refractivity contribution in [1.29, 1.82) is 5.26 Å². The second-order valence-corrected chi connectivity index (χ2v) is 4.19. The third-order valence-corrected chi connectivity index (χ3v) is 2.77. The van der Waals surface area contributed by atoms with Crippen molar-refractivity contribution in [3.63, 3.8) is 0 Å².